The second kappa shape index (κ2) is 7.23. The van der Waals surface area contributed by atoms with E-state index in [-0.39, 0.29) is 11.7 Å². The second-order valence-electron chi connectivity index (χ2n) is 4.96. The monoisotopic (exact) mass is 339 g/mol. The van der Waals surface area contributed by atoms with Gasteiger partial charge in [-0.05, 0) is 48.0 Å². The van der Waals surface area contributed by atoms with Gasteiger partial charge in [-0.25, -0.2) is 4.39 Å². The predicted molar refractivity (Wildman–Crippen MR) is 95.5 cm³/mol. The van der Waals surface area contributed by atoms with E-state index in [1.165, 1.54) is 23.9 Å². The summed E-state index contributed by atoms with van der Waals surface area (Å²) in [4.78, 5) is 0.682. The normalized spacial score (nSPS) is 16.0. The molecule has 1 N–H and O–H groups in total. The van der Waals surface area contributed by atoms with Crippen molar-refractivity contribution >= 4 is 29.4 Å². The Labute approximate surface area is 143 Å². The number of benzene rings is 2. The number of hydrogen-bond acceptors (Lipinski definition) is 4. The maximum atomic E-state index is 13.0. The molecule has 2 aromatic rings. The van der Waals surface area contributed by atoms with Crippen LogP contribution in [0.25, 0.3) is 11.8 Å². The molecular formula is C18H14FN3OS. The highest BCUT2D eigenvalue weighted by atomic mass is 32.2. The van der Waals surface area contributed by atoms with Crippen molar-refractivity contribution in [3.8, 4) is 5.75 Å². The van der Waals surface area contributed by atoms with E-state index in [2.05, 4.69) is 10.2 Å². The van der Waals surface area contributed by atoms with Crippen LogP contribution < -0.4 is 4.74 Å². The summed E-state index contributed by atoms with van der Waals surface area (Å²) < 4.78 is 18.2. The van der Waals surface area contributed by atoms with E-state index < -0.39 is 0 Å². The zero-order valence-corrected chi connectivity index (χ0v) is 13.7. The van der Waals surface area contributed by atoms with Gasteiger partial charge in [-0.1, -0.05) is 23.9 Å². The van der Waals surface area contributed by atoms with Crippen LogP contribution in [0.15, 0.2) is 69.1 Å². The summed E-state index contributed by atoms with van der Waals surface area (Å²) in [6, 6.07) is 13.6. The molecule has 0 spiro atoms. The van der Waals surface area contributed by atoms with Gasteiger partial charge in [-0.2, -0.15) is 0 Å². The lowest BCUT2D eigenvalue weighted by Crippen LogP contribution is -1.91. The van der Waals surface area contributed by atoms with Crippen LogP contribution in [0.1, 0.15) is 11.1 Å². The maximum Gasteiger partial charge on any atom is 0.181 e. The third kappa shape index (κ3) is 3.78. The first kappa shape index (κ1) is 16.1. The Hall–Kier alpha value is -2.73. The molecule has 0 bridgehead atoms. The first-order valence-corrected chi connectivity index (χ1v) is 8.03. The fraction of sp³-hybridized carbons (Fsp3) is 0.0556. The Bertz CT molecular complexity index is 840. The number of hydrogen-bond donors (Lipinski definition) is 1. The molecule has 24 heavy (non-hydrogen) atoms. The molecule has 0 fully saturated rings. The largest absolute Gasteiger partial charge is 0.497 e. The fourth-order valence-corrected chi connectivity index (χ4v) is 2.83. The average molecular weight is 339 g/mol. The van der Waals surface area contributed by atoms with Crippen molar-refractivity contribution in [2.45, 2.75) is 0 Å². The zero-order valence-electron chi connectivity index (χ0n) is 12.9. The fourth-order valence-electron chi connectivity index (χ4n) is 2.05. The van der Waals surface area contributed by atoms with Gasteiger partial charge in [0.15, 0.2) is 5.84 Å². The van der Waals surface area contributed by atoms with Gasteiger partial charge in [0.1, 0.15) is 11.6 Å². The van der Waals surface area contributed by atoms with E-state index in [1.807, 2.05) is 35.7 Å². The molecule has 6 heteroatoms. The second-order valence-corrected chi connectivity index (χ2v) is 5.87. The van der Waals surface area contributed by atoms with Crippen molar-refractivity contribution < 1.29 is 9.13 Å². The van der Waals surface area contributed by atoms with E-state index in [0.29, 0.717) is 10.6 Å². The summed E-state index contributed by atoms with van der Waals surface area (Å²) in [7, 11) is 1.62. The molecule has 120 valence electrons. The Balaban J connectivity index is 1.86. The molecular weight excluding hydrogens is 325 g/mol. The molecule has 0 amide bonds. The summed E-state index contributed by atoms with van der Waals surface area (Å²) in [6.45, 7) is 0. The van der Waals surface area contributed by atoms with Crippen molar-refractivity contribution in [3.05, 3.63) is 75.8 Å². The molecule has 0 saturated carbocycles. The molecule has 4 nitrogen and oxygen atoms in total. The number of thioether (sulfide) groups is 1. The number of methoxy groups -OCH3 is 1. The molecule has 0 unspecified atom stereocenters. The lowest BCUT2D eigenvalue weighted by atomic mass is 10.2. The minimum absolute atomic E-state index is 0.0872. The van der Waals surface area contributed by atoms with Crippen LogP contribution in [0.4, 0.5) is 4.39 Å². The number of halogens is 1. The van der Waals surface area contributed by atoms with Crippen LogP contribution in [0.3, 0.4) is 0 Å². The molecule has 0 aromatic heterocycles. The Morgan fingerprint density at radius 2 is 1.75 bits per heavy atom. The molecule has 1 aliphatic rings. The molecule has 0 aliphatic carbocycles. The van der Waals surface area contributed by atoms with E-state index in [9.17, 15) is 4.39 Å². The van der Waals surface area contributed by atoms with E-state index >= 15 is 0 Å². The van der Waals surface area contributed by atoms with Crippen LogP contribution >= 0.6 is 11.8 Å². The van der Waals surface area contributed by atoms with E-state index in [4.69, 9.17) is 10.1 Å². The summed E-state index contributed by atoms with van der Waals surface area (Å²) >= 11 is 1.37. The summed E-state index contributed by atoms with van der Waals surface area (Å²) in [5.74, 6) is 0.563. The molecule has 1 aliphatic heterocycles. The number of ether oxygens (including phenoxy) is 1. The van der Waals surface area contributed by atoms with Crippen LogP contribution in [-0.2, 0) is 0 Å². The zero-order chi connectivity index (χ0) is 16.9. The van der Waals surface area contributed by atoms with Crippen molar-refractivity contribution in [1.29, 1.82) is 5.41 Å². The molecule has 0 radical (unpaired) electrons. The van der Waals surface area contributed by atoms with Crippen molar-refractivity contribution in [2.24, 2.45) is 10.2 Å². The number of nitrogens with zero attached hydrogens (tertiary/aromatic N) is 2. The Morgan fingerprint density at radius 1 is 1.04 bits per heavy atom. The number of rotatable bonds is 3. The van der Waals surface area contributed by atoms with Gasteiger partial charge in [-0.15, -0.1) is 10.2 Å². The number of nitrogens with one attached hydrogen (secondary N) is 1. The smallest absolute Gasteiger partial charge is 0.181 e. The number of amidine groups is 1. The highest BCUT2D eigenvalue weighted by Gasteiger charge is 2.11. The maximum absolute atomic E-state index is 13.0. The van der Waals surface area contributed by atoms with Crippen molar-refractivity contribution in [3.63, 3.8) is 0 Å². The molecule has 0 atom stereocenters. The third-order valence-corrected chi connectivity index (χ3v) is 4.25. The first-order chi connectivity index (χ1) is 11.7. The van der Waals surface area contributed by atoms with Crippen LogP contribution in [0, 0.1) is 11.2 Å². The van der Waals surface area contributed by atoms with Gasteiger partial charge >= 0.3 is 0 Å². The molecule has 1 heterocycles. The molecule has 2 aromatic carbocycles. The molecule has 0 saturated heterocycles. The minimum atomic E-state index is -0.301. The van der Waals surface area contributed by atoms with Gasteiger partial charge in [0, 0.05) is 11.0 Å². The van der Waals surface area contributed by atoms with Gasteiger partial charge in [0.2, 0.25) is 0 Å². The third-order valence-electron chi connectivity index (χ3n) is 3.34. The Morgan fingerprint density at radius 3 is 2.42 bits per heavy atom. The van der Waals surface area contributed by atoms with Gasteiger partial charge in [0.05, 0.1) is 17.7 Å². The lowest BCUT2D eigenvalue weighted by molar-refractivity contribution is 0.415. The standard InChI is InChI=1S/C18H14FN3OS/c1-23-15-8-2-12(3-9-15)10-17-18(20)22-21-16(11-24-17)13-4-6-14(19)7-5-13/h2-11,20H,1H3/b17-10-,20-18?. The Kier molecular flexibility index (Phi) is 4.86. The minimum Gasteiger partial charge on any atom is -0.497 e. The lowest BCUT2D eigenvalue weighted by Gasteiger charge is -2.02. The highest BCUT2D eigenvalue weighted by molar-refractivity contribution is 8.07. The summed E-state index contributed by atoms with van der Waals surface area (Å²) in [6.07, 6.45) is 1.87. The van der Waals surface area contributed by atoms with Crippen molar-refractivity contribution in [1.82, 2.24) is 0 Å². The van der Waals surface area contributed by atoms with Gasteiger partial charge in [-0.3, -0.25) is 5.41 Å². The van der Waals surface area contributed by atoms with Gasteiger partial charge < -0.3 is 4.74 Å². The van der Waals surface area contributed by atoms with Crippen molar-refractivity contribution in [2.75, 3.05) is 7.11 Å². The summed E-state index contributed by atoms with van der Waals surface area (Å²) in [5.41, 5.74) is 2.30. The van der Waals surface area contributed by atoms with Crippen LogP contribution in [0.5, 0.6) is 5.75 Å². The quantitative estimate of drug-likeness (QED) is 0.819. The topological polar surface area (TPSA) is 57.8 Å². The SMILES string of the molecule is COc1ccc(/C=C2\SC=C(c3ccc(F)cc3)N=NC2=N)cc1. The van der Waals surface area contributed by atoms with Crippen LogP contribution in [-0.4, -0.2) is 12.9 Å². The first-order valence-electron chi connectivity index (χ1n) is 7.15. The number of azo groups is 1. The van der Waals surface area contributed by atoms with Gasteiger partial charge in [0.25, 0.3) is 0 Å². The summed E-state index contributed by atoms with van der Waals surface area (Å²) in [5, 5.41) is 17.9. The molecule has 3 rings (SSSR count). The average Bonchev–Trinajstić information content (AvgIpc) is 2.79. The van der Waals surface area contributed by atoms with E-state index in [1.54, 1.807) is 19.2 Å². The van der Waals surface area contributed by atoms with E-state index in [0.717, 1.165) is 16.9 Å². The highest BCUT2D eigenvalue weighted by Crippen LogP contribution is 2.31. The van der Waals surface area contributed by atoms with Crippen LogP contribution in [0.2, 0.25) is 0 Å². The predicted octanol–water partition coefficient (Wildman–Crippen LogP) is 5.35.